The molecule has 16 heavy (non-hydrogen) atoms. The fourth-order valence-corrected chi connectivity index (χ4v) is 2.45. The Labute approximate surface area is 102 Å². The van der Waals surface area contributed by atoms with Crippen LogP contribution in [0, 0.1) is 0 Å². The first kappa shape index (κ1) is 11.7. The van der Waals surface area contributed by atoms with Gasteiger partial charge in [0.2, 0.25) is 0 Å². The van der Waals surface area contributed by atoms with Crippen LogP contribution in [0.1, 0.15) is 37.9 Å². The summed E-state index contributed by atoms with van der Waals surface area (Å²) in [5.41, 5.74) is 2.08. The van der Waals surface area contributed by atoms with Crippen LogP contribution in [-0.4, -0.2) is 18.2 Å². The molecule has 0 aromatic heterocycles. The first-order valence-corrected chi connectivity index (χ1v) is 6.29. The van der Waals surface area contributed by atoms with Gasteiger partial charge in [-0.15, -0.1) is 0 Å². The third-order valence-electron chi connectivity index (χ3n) is 3.14. The van der Waals surface area contributed by atoms with E-state index in [9.17, 15) is 5.11 Å². The average molecular weight is 240 g/mol. The standard InChI is InChI=1S/C13H18ClNO/c1-10(16)12-6-5-11(14)9-13(12)15-7-3-2-4-8-15/h5-6,9-10,16H,2-4,7-8H2,1H3. The van der Waals surface area contributed by atoms with Crippen LogP contribution in [0.5, 0.6) is 0 Å². The summed E-state index contributed by atoms with van der Waals surface area (Å²) in [4.78, 5) is 2.33. The van der Waals surface area contributed by atoms with Gasteiger partial charge in [0, 0.05) is 29.4 Å². The molecule has 88 valence electrons. The van der Waals surface area contributed by atoms with Crippen LogP contribution in [0.3, 0.4) is 0 Å². The van der Waals surface area contributed by atoms with Gasteiger partial charge >= 0.3 is 0 Å². The van der Waals surface area contributed by atoms with E-state index in [0.717, 1.165) is 29.4 Å². The second kappa shape index (κ2) is 5.07. The molecule has 3 heteroatoms. The Hall–Kier alpha value is -0.730. The molecular weight excluding hydrogens is 222 g/mol. The monoisotopic (exact) mass is 239 g/mol. The van der Waals surface area contributed by atoms with E-state index in [4.69, 9.17) is 11.6 Å². The normalized spacial score (nSPS) is 18.6. The molecule has 2 rings (SSSR count). The lowest BCUT2D eigenvalue weighted by Gasteiger charge is -2.31. The van der Waals surface area contributed by atoms with Gasteiger partial charge in [-0.2, -0.15) is 0 Å². The predicted octanol–water partition coefficient (Wildman–Crippen LogP) is 3.38. The quantitative estimate of drug-likeness (QED) is 0.855. The van der Waals surface area contributed by atoms with E-state index < -0.39 is 6.10 Å². The molecule has 1 aliphatic heterocycles. The molecule has 2 nitrogen and oxygen atoms in total. The Morgan fingerprint density at radius 2 is 1.94 bits per heavy atom. The van der Waals surface area contributed by atoms with Gasteiger partial charge in [0.15, 0.2) is 0 Å². The third kappa shape index (κ3) is 2.50. The highest BCUT2D eigenvalue weighted by molar-refractivity contribution is 6.30. The van der Waals surface area contributed by atoms with Crippen LogP contribution in [0.15, 0.2) is 18.2 Å². The average Bonchev–Trinajstić information content (AvgIpc) is 2.29. The number of nitrogens with zero attached hydrogens (tertiary/aromatic N) is 1. The van der Waals surface area contributed by atoms with Crippen molar-refractivity contribution in [3.05, 3.63) is 28.8 Å². The number of benzene rings is 1. The molecule has 1 atom stereocenters. The summed E-state index contributed by atoms with van der Waals surface area (Å²) in [5.74, 6) is 0. The van der Waals surface area contributed by atoms with Gasteiger partial charge in [-0.05, 0) is 38.3 Å². The van der Waals surface area contributed by atoms with E-state index in [1.165, 1.54) is 19.3 Å². The number of aliphatic hydroxyl groups excluding tert-OH is 1. The van der Waals surface area contributed by atoms with Gasteiger partial charge in [0.1, 0.15) is 0 Å². The molecule has 1 heterocycles. The van der Waals surface area contributed by atoms with Crippen LogP contribution in [0.4, 0.5) is 5.69 Å². The number of hydrogen-bond acceptors (Lipinski definition) is 2. The van der Waals surface area contributed by atoms with Crippen molar-refractivity contribution in [1.82, 2.24) is 0 Å². The van der Waals surface area contributed by atoms with E-state index >= 15 is 0 Å². The number of anilines is 1. The van der Waals surface area contributed by atoms with E-state index in [0.29, 0.717) is 0 Å². The molecule has 1 aromatic carbocycles. The largest absolute Gasteiger partial charge is 0.389 e. The molecule has 0 bridgehead atoms. The third-order valence-corrected chi connectivity index (χ3v) is 3.37. The van der Waals surface area contributed by atoms with Crippen molar-refractivity contribution in [2.45, 2.75) is 32.3 Å². The number of aliphatic hydroxyl groups is 1. The van der Waals surface area contributed by atoms with Crippen molar-refractivity contribution in [3.63, 3.8) is 0 Å². The first-order chi connectivity index (χ1) is 7.68. The maximum atomic E-state index is 9.76. The highest BCUT2D eigenvalue weighted by Crippen LogP contribution is 2.31. The highest BCUT2D eigenvalue weighted by Gasteiger charge is 2.16. The SMILES string of the molecule is CC(O)c1ccc(Cl)cc1N1CCCCC1. The molecule has 0 saturated carbocycles. The van der Waals surface area contributed by atoms with Gasteiger partial charge < -0.3 is 10.0 Å². The van der Waals surface area contributed by atoms with Crippen molar-refractivity contribution in [3.8, 4) is 0 Å². The second-order valence-corrected chi connectivity index (χ2v) is 4.86. The Morgan fingerprint density at radius 3 is 2.56 bits per heavy atom. The minimum atomic E-state index is -0.436. The fraction of sp³-hybridized carbons (Fsp3) is 0.538. The molecule has 0 spiro atoms. The Bertz CT molecular complexity index is 359. The van der Waals surface area contributed by atoms with Crippen LogP contribution < -0.4 is 4.90 Å². The molecule has 1 saturated heterocycles. The Morgan fingerprint density at radius 1 is 1.25 bits per heavy atom. The van der Waals surface area contributed by atoms with Crippen molar-refractivity contribution >= 4 is 17.3 Å². The van der Waals surface area contributed by atoms with E-state index in [-0.39, 0.29) is 0 Å². The lowest BCUT2D eigenvalue weighted by atomic mass is 10.0. The molecular formula is C13H18ClNO. The lowest BCUT2D eigenvalue weighted by molar-refractivity contribution is 0.199. The molecule has 1 aromatic rings. The number of hydrogen-bond donors (Lipinski definition) is 1. The predicted molar refractivity (Wildman–Crippen MR) is 68.1 cm³/mol. The molecule has 0 aliphatic carbocycles. The zero-order valence-corrected chi connectivity index (χ0v) is 10.4. The molecule has 1 N–H and O–H groups in total. The van der Waals surface area contributed by atoms with Crippen LogP contribution >= 0.6 is 11.6 Å². The van der Waals surface area contributed by atoms with Gasteiger partial charge in [0.25, 0.3) is 0 Å². The van der Waals surface area contributed by atoms with Crippen molar-refractivity contribution < 1.29 is 5.11 Å². The van der Waals surface area contributed by atoms with E-state index in [1.54, 1.807) is 6.92 Å². The number of halogens is 1. The summed E-state index contributed by atoms with van der Waals surface area (Å²) in [6.45, 7) is 3.94. The van der Waals surface area contributed by atoms with Crippen molar-refractivity contribution in [1.29, 1.82) is 0 Å². The van der Waals surface area contributed by atoms with Crippen LogP contribution in [-0.2, 0) is 0 Å². The molecule has 1 aliphatic rings. The topological polar surface area (TPSA) is 23.5 Å². The number of rotatable bonds is 2. The smallest absolute Gasteiger partial charge is 0.0782 e. The van der Waals surface area contributed by atoms with Gasteiger partial charge in [0.05, 0.1) is 6.10 Å². The maximum absolute atomic E-state index is 9.76. The molecule has 0 radical (unpaired) electrons. The fourth-order valence-electron chi connectivity index (χ4n) is 2.28. The highest BCUT2D eigenvalue weighted by atomic mass is 35.5. The van der Waals surface area contributed by atoms with Gasteiger partial charge in [-0.25, -0.2) is 0 Å². The van der Waals surface area contributed by atoms with Crippen molar-refractivity contribution in [2.24, 2.45) is 0 Å². The summed E-state index contributed by atoms with van der Waals surface area (Å²) in [6.07, 6.45) is 3.33. The molecule has 1 unspecified atom stereocenters. The van der Waals surface area contributed by atoms with Gasteiger partial charge in [-0.1, -0.05) is 17.7 Å². The molecule has 0 amide bonds. The van der Waals surface area contributed by atoms with Crippen LogP contribution in [0.2, 0.25) is 5.02 Å². The Kier molecular flexibility index (Phi) is 3.72. The maximum Gasteiger partial charge on any atom is 0.0782 e. The number of piperidine rings is 1. The molecule has 1 fully saturated rings. The van der Waals surface area contributed by atoms with Crippen molar-refractivity contribution in [2.75, 3.05) is 18.0 Å². The van der Waals surface area contributed by atoms with E-state index in [2.05, 4.69) is 4.90 Å². The zero-order valence-electron chi connectivity index (χ0n) is 9.62. The van der Waals surface area contributed by atoms with E-state index in [1.807, 2.05) is 18.2 Å². The van der Waals surface area contributed by atoms with Crippen LogP contribution in [0.25, 0.3) is 0 Å². The zero-order chi connectivity index (χ0) is 11.5. The summed E-state index contributed by atoms with van der Waals surface area (Å²) in [7, 11) is 0. The summed E-state index contributed by atoms with van der Waals surface area (Å²) < 4.78 is 0. The summed E-state index contributed by atoms with van der Waals surface area (Å²) in [6, 6.07) is 5.74. The first-order valence-electron chi connectivity index (χ1n) is 5.91. The minimum Gasteiger partial charge on any atom is -0.389 e. The summed E-state index contributed by atoms with van der Waals surface area (Å²) in [5, 5.41) is 10.5. The summed E-state index contributed by atoms with van der Waals surface area (Å²) >= 11 is 6.03. The van der Waals surface area contributed by atoms with Gasteiger partial charge in [-0.3, -0.25) is 0 Å². The second-order valence-electron chi connectivity index (χ2n) is 4.43. The Balaban J connectivity index is 2.32. The lowest BCUT2D eigenvalue weighted by Crippen LogP contribution is -2.30. The minimum absolute atomic E-state index is 0.436.